The minimum Gasteiger partial charge on any atom is -0.335 e. The molecule has 0 spiro atoms. The number of likely N-dealkylation sites (N-methyl/N-ethyl adjacent to an activating group) is 1. The van der Waals surface area contributed by atoms with E-state index in [9.17, 15) is 9.59 Å². The van der Waals surface area contributed by atoms with Crippen molar-refractivity contribution in [3.05, 3.63) is 59.4 Å². The van der Waals surface area contributed by atoms with Gasteiger partial charge in [0.1, 0.15) is 11.4 Å². The van der Waals surface area contributed by atoms with Crippen LogP contribution in [-0.2, 0) is 0 Å². The van der Waals surface area contributed by atoms with Crippen LogP contribution < -0.4 is 4.90 Å². The summed E-state index contributed by atoms with van der Waals surface area (Å²) in [4.78, 5) is 35.8. The van der Waals surface area contributed by atoms with Gasteiger partial charge >= 0.3 is 0 Å². The Hall–Kier alpha value is -2.73. The van der Waals surface area contributed by atoms with Gasteiger partial charge in [0, 0.05) is 38.4 Å². The first-order valence-corrected chi connectivity index (χ1v) is 9.33. The highest BCUT2D eigenvalue weighted by atomic mass is 16.2. The number of carbonyl (C=O) groups excluding carboxylic acids is 2. The number of amides is 2. The lowest BCUT2D eigenvalue weighted by atomic mass is 10.2. The number of aryl methyl sites for hydroxylation is 1. The number of hydrogen-bond donors (Lipinski definition) is 0. The number of carbonyl (C=O) groups is 2. The van der Waals surface area contributed by atoms with Gasteiger partial charge in [0.15, 0.2) is 0 Å². The third-order valence-corrected chi connectivity index (χ3v) is 4.85. The molecule has 0 radical (unpaired) electrons. The maximum Gasteiger partial charge on any atom is 0.276 e. The molecule has 0 bridgehead atoms. The van der Waals surface area contributed by atoms with Crippen molar-refractivity contribution in [2.45, 2.75) is 13.8 Å². The standard InChI is InChI=1S/C21H26N4O2/c1-4-25(17-8-5-7-16(2)15-17)21(27)19-10-6-9-18(22-19)20(26)24-13-11-23(3)12-14-24/h5-10,15H,4,11-14H2,1-3H3. The first kappa shape index (κ1) is 19.0. The van der Waals surface area contributed by atoms with Crippen LogP contribution in [0.2, 0.25) is 0 Å². The predicted molar refractivity (Wildman–Crippen MR) is 106 cm³/mol. The molecule has 0 aliphatic carbocycles. The van der Waals surface area contributed by atoms with E-state index in [2.05, 4.69) is 9.88 Å². The van der Waals surface area contributed by atoms with Crippen molar-refractivity contribution in [1.82, 2.24) is 14.8 Å². The molecule has 6 nitrogen and oxygen atoms in total. The fourth-order valence-corrected chi connectivity index (χ4v) is 3.22. The molecule has 2 aromatic rings. The zero-order valence-electron chi connectivity index (χ0n) is 16.2. The van der Waals surface area contributed by atoms with Crippen molar-refractivity contribution in [1.29, 1.82) is 0 Å². The van der Waals surface area contributed by atoms with E-state index in [0.29, 0.717) is 31.0 Å². The van der Waals surface area contributed by atoms with Gasteiger partial charge in [-0.15, -0.1) is 0 Å². The minimum absolute atomic E-state index is 0.114. The summed E-state index contributed by atoms with van der Waals surface area (Å²) in [5.74, 6) is -0.313. The van der Waals surface area contributed by atoms with Gasteiger partial charge in [0.05, 0.1) is 0 Å². The predicted octanol–water partition coefficient (Wildman–Crippen LogP) is 2.44. The SMILES string of the molecule is CCN(C(=O)c1cccc(C(=O)N2CCN(C)CC2)n1)c1cccc(C)c1. The monoisotopic (exact) mass is 366 g/mol. The summed E-state index contributed by atoms with van der Waals surface area (Å²) < 4.78 is 0. The third kappa shape index (κ3) is 4.34. The van der Waals surface area contributed by atoms with Crippen LogP contribution in [0.25, 0.3) is 0 Å². The van der Waals surface area contributed by atoms with Crippen LogP contribution in [0, 0.1) is 6.92 Å². The van der Waals surface area contributed by atoms with Gasteiger partial charge in [-0.2, -0.15) is 0 Å². The molecular weight excluding hydrogens is 340 g/mol. The van der Waals surface area contributed by atoms with Crippen LogP contribution in [0.4, 0.5) is 5.69 Å². The molecule has 1 aliphatic heterocycles. The highest BCUT2D eigenvalue weighted by molar-refractivity contribution is 6.05. The first-order valence-electron chi connectivity index (χ1n) is 9.33. The summed E-state index contributed by atoms with van der Waals surface area (Å²) in [6.07, 6.45) is 0. The smallest absolute Gasteiger partial charge is 0.276 e. The molecule has 1 aliphatic rings. The average molecular weight is 366 g/mol. The number of aromatic nitrogens is 1. The molecule has 2 heterocycles. The molecule has 1 aromatic carbocycles. The van der Waals surface area contributed by atoms with E-state index in [-0.39, 0.29) is 11.8 Å². The summed E-state index contributed by atoms with van der Waals surface area (Å²) in [7, 11) is 2.05. The molecule has 1 fully saturated rings. The average Bonchev–Trinajstić information content (AvgIpc) is 2.69. The van der Waals surface area contributed by atoms with Gasteiger partial charge < -0.3 is 14.7 Å². The molecule has 0 N–H and O–H groups in total. The van der Waals surface area contributed by atoms with Crippen molar-refractivity contribution in [2.24, 2.45) is 0 Å². The third-order valence-electron chi connectivity index (χ3n) is 4.85. The van der Waals surface area contributed by atoms with Crippen LogP contribution in [0.15, 0.2) is 42.5 Å². The summed E-state index contributed by atoms with van der Waals surface area (Å²) >= 11 is 0. The fraction of sp³-hybridized carbons (Fsp3) is 0.381. The maximum absolute atomic E-state index is 13.0. The second kappa shape index (κ2) is 8.31. The summed E-state index contributed by atoms with van der Waals surface area (Å²) in [5, 5.41) is 0. The Morgan fingerprint density at radius 1 is 1.04 bits per heavy atom. The van der Waals surface area contributed by atoms with Gasteiger partial charge in [-0.25, -0.2) is 4.98 Å². The molecule has 142 valence electrons. The number of anilines is 1. The first-order chi connectivity index (χ1) is 13.0. The van der Waals surface area contributed by atoms with Crippen molar-refractivity contribution >= 4 is 17.5 Å². The Kier molecular flexibility index (Phi) is 5.86. The minimum atomic E-state index is -0.198. The lowest BCUT2D eigenvalue weighted by molar-refractivity contribution is 0.0658. The Balaban J connectivity index is 1.81. The number of hydrogen-bond acceptors (Lipinski definition) is 4. The van der Waals surface area contributed by atoms with Crippen molar-refractivity contribution in [3.8, 4) is 0 Å². The number of pyridine rings is 1. The van der Waals surface area contributed by atoms with E-state index in [0.717, 1.165) is 24.3 Å². The Morgan fingerprint density at radius 2 is 1.70 bits per heavy atom. The van der Waals surface area contributed by atoms with Gasteiger partial charge in [-0.3, -0.25) is 9.59 Å². The largest absolute Gasteiger partial charge is 0.335 e. The molecule has 0 unspecified atom stereocenters. The summed E-state index contributed by atoms with van der Waals surface area (Å²) in [5.41, 5.74) is 2.54. The number of benzene rings is 1. The van der Waals surface area contributed by atoms with E-state index in [4.69, 9.17) is 0 Å². The highest BCUT2D eigenvalue weighted by Crippen LogP contribution is 2.18. The van der Waals surface area contributed by atoms with E-state index in [1.165, 1.54) is 0 Å². The molecule has 27 heavy (non-hydrogen) atoms. The number of rotatable bonds is 4. The zero-order valence-corrected chi connectivity index (χ0v) is 16.2. The Bertz CT molecular complexity index is 828. The van der Waals surface area contributed by atoms with Gasteiger partial charge in [-0.05, 0) is 50.7 Å². The second-order valence-corrected chi connectivity index (χ2v) is 6.89. The zero-order chi connectivity index (χ0) is 19.4. The topological polar surface area (TPSA) is 56.8 Å². The quantitative estimate of drug-likeness (QED) is 0.834. The van der Waals surface area contributed by atoms with Gasteiger partial charge in [0.25, 0.3) is 11.8 Å². The van der Waals surface area contributed by atoms with E-state index in [1.807, 2.05) is 45.2 Å². The fourth-order valence-electron chi connectivity index (χ4n) is 3.22. The van der Waals surface area contributed by atoms with Crippen LogP contribution in [0.1, 0.15) is 33.5 Å². The molecule has 0 saturated carbocycles. The van der Waals surface area contributed by atoms with Gasteiger partial charge in [-0.1, -0.05) is 18.2 Å². The summed E-state index contributed by atoms with van der Waals surface area (Å²) in [6.45, 7) is 7.51. The molecule has 2 amide bonds. The molecule has 6 heteroatoms. The van der Waals surface area contributed by atoms with Gasteiger partial charge in [0.2, 0.25) is 0 Å². The lowest BCUT2D eigenvalue weighted by Crippen LogP contribution is -2.47. The second-order valence-electron chi connectivity index (χ2n) is 6.89. The Morgan fingerprint density at radius 3 is 2.37 bits per heavy atom. The Labute approximate surface area is 160 Å². The van der Waals surface area contributed by atoms with E-state index in [1.54, 1.807) is 28.0 Å². The van der Waals surface area contributed by atoms with Crippen LogP contribution in [0.3, 0.4) is 0 Å². The van der Waals surface area contributed by atoms with E-state index < -0.39 is 0 Å². The van der Waals surface area contributed by atoms with Crippen molar-refractivity contribution in [2.75, 3.05) is 44.7 Å². The molecular formula is C21H26N4O2. The van der Waals surface area contributed by atoms with Crippen molar-refractivity contribution < 1.29 is 9.59 Å². The van der Waals surface area contributed by atoms with E-state index >= 15 is 0 Å². The number of nitrogens with zero attached hydrogens (tertiary/aromatic N) is 4. The normalized spacial score (nSPS) is 14.9. The molecule has 3 rings (SSSR count). The summed E-state index contributed by atoms with van der Waals surface area (Å²) in [6, 6.07) is 12.9. The van der Waals surface area contributed by atoms with Crippen LogP contribution in [0.5, 0.6) is 0 Å². The molecule has 0 atom stereocenters. The van der Waals surface area contributed by atoms with Crippen molar-refractivity contribution in [3.63, 3.8) is 0 Å². The number of piperazine rings is 1. The highest BCUT2D eigenvalue weighted by Gasteiger charge is 2.23. The van der Waals surface area contributed by atoms with Crippen LogP contribution >= 0.6 is 0 Å². The maximum atomic E-state index is 13.0. The van der Waals surface area contributed by atoms with Crippen LogP contribution in [-0.4, -0.2) is 66.4 Å². The molecule has 1 saturated heterocycles. The molecule has 1 aromatic heterocycles. The lowest BCUT2D eigenvalue weighted by Gasteiger charge is -2.32.